The van der Waals surface area contributed by atoms with E-state index in [-0.39, 0.29) is 36.5 Å². The first-order valence-electron chi connectivity index (χ1n) is 7.78. The van der Waals surface area contributed by atoms with Gasteiger partial charge in [-0.25, -0.2) is 0 Å². The fourth-order valence-corrected chi connectivity index (χ4v) is 2.18. The minimum absolute atomic E-state index is 0. The lowest BCUT2D eigenvalue weighted by Gasteiger charge is -2.20. The Labute approximate surface area is 149 Å². The summed E-state index contributed by atoms with van der Waals surface area (Å²) in [6.07, 6.45) is 1.22. The van der Waals surface area contributed by atoms with Crippen molar-refractivity contribution in [2.24, 2.45) is 17.6 Å². The standard InChI is InChI=1S/C17H26N2O4.ClH/c1-4-11(2)15(18)16(21)19-10-13(17(22)23-3)9-12-5-7-14(20)8-6-12;/h5-8,11,13,15,20H,4,9-10,18H2,1-3H3,(H,19,21);1H. The van der Waals surface area contributed by atoms with Gasteiger partial charge >= 0.3 is 5.97 Å². The lowest BCUT2D eigenvalue weighted by atomic mass is 9.97. The number of hydrogen-bond donors (Lipinski definition) is 3. The van der Waals surface area contributed by atoms with Gasteiger partial charge in [-0.05, 0) is 30.0 Å². The number of rotatable bonds is 8. The van der Waals surface area contributed by atoms with Crippen LogP contribution in [0.25, 0.3) is 0 Å². The van der Waals surface area contributed by atoms with Gasteiger partial charge in [0, 0.05) is 6.54 Å². The number of carbonyl (C=O) groups is 2. The van der Waals surface area contributed by atoms with Crippen LogP contribution in [0.2, 0.25) is 0 Å². The molecule has 1 amide bonds. The largest absolute Gasteiger partial charge is 0.508 e. The summed E-state index contributed by atoms with van der Waals surface area (Å²) in [5.41, 5.74) is 6.75. The lowest BCUT2D eigenvalue weighted by molar-refractivity contribution is -0.145. The van der Waals surface area contributed by atoms with Crippen LogP contribution in [0.4, 0.5) is 0 Å². The number of amides is 1. The number of nitrogens with two attached hydrogens (primary N) is 1. The summed E-state index contributed by atoms with van der Waals surface area (Å²) in [5, 5.41) is 12.0. The van der Waals surface area contributed by atoms with Crippen LogP contribution in [0, 0.1) is 11.8 Å². The Morgan fingerprint density at radius 2 is 1.88 bits per heavy atom. The zero-order chi connectivity index (χ0) is 17.4. The van der Waals surface area contributed by atoms with Gasteiger partial charge in [0.1, 0.15) is 5.75 Å². The molecule has 0 aliphatic carbocycles. The molecule has 0 saturated carbocycles. The van der Waals surface area contributed by atoms with Crippen LogP contribution in [0.1, 0.15) is 25.8 Å². The number of hydrogen-bond acceptors (Lipinski definition) is 5. The van der Waals surface area contributed by atoms with Gasteiger partial charge in [-0.2, -0.15) is 0 Å². The Morgan fingerprint density at radius 1 is 1.29 bits per heavy atom. The van der Waals surface area contributed by atoms with Gasteiger partial charge in [-0.1, -0.05) is 32.4 Å². The van der Waals surface area contributed by atoms with Gasteiger partial charge in [0.05, 0.1) is 19.1 Å². The summed E-state index contributed by atoms with van der Waals surface area (Å²) in [4.78, 5) is 23.9. The molecule has 0 spiro atoms. The van der Waals surface area contributed by atoms with Crippen molar-refractivity contribution in [3.63, 3.8) is 0 Å². The second-order valence-corrected chi connectivity index (χ2v) is 5.75. The molecule has 4 N–H and O–H groups in total. The number of methoxy groups -OCH3 is 1. The van der Waals surface area contributed by atoms with Crippen molar-refractivity contribution < 1.29 is 19.4 Å². The number of esters is 1. The molecule has 1 aromatic carbocycles. The van der Waals surface area contributed by atoms with E-state index in [9.17, 15) is 14.7 Å². The quantitative estimate of drug-likeness (QED) is 0.613. The van der Waals surface area contributed by atoms with Crippen molar-refractivity contribution >= 4 is 24.3 Å². The Hall–Kier alpha value is -1.79. The van der Waals surface area contributed by atoms with Gasteiger partial charge < -0.3 is 20.9 Å². The predicted octanol–water partition coefficient (Wildman–Crippen LogP) is 1.64. The van der Waals surface area contributed by atoms with Crippen LogP contribution in [0.3, 0.4) is 0 Å². The molecule has 6 nitrogen and oxygen atoms in total. The normalized spacial score (nSPS) is 14.0. The molecule has 0 aromatic heterocycles. The molecular formula is C17H27ClN2O4. The van der Waals surface area contributed by atoms with Crippen molar-refractivity contribution in [3.8, 4) is 5.75 Å². The minimum Gasteiger partial charge on any atom is -0.508 e. The van der Waals surface area contributed by atoms with E-state index in [1.54, 1.807) is 24.3 Å². The van der Waals surface area contributed by atoms with Crippen molar-refractivity contribution in [2.75, 3.05) is 13.7 Å². The van der Waals surface area contributed by atoms with E-state index in [0.29, 0.717) is 6.42 Å². The molecular weight excluding hydrogens is 332 g/mol. The Balaban J connectivity index is 0.00000529. The summed E-state index contributed by atoms with van der Waals surface area (Å²) >= 11 is 0. The van der Waals surface area contributed by atoms with Crippen molar-refractivity contribution in [1.82, 2.24) is 5.32 Å². The third-order valence-electron chi connectivity index (χ3n) is 4.04. The van der Waals surface area contributed by atoms with Crippen LogP contribution >= 0.6 is 12.4 Å². The van der Waals surface area contributed by atoms with Gasteiger partial charge in [0.2, 0.25) is 5.91 Å². The number of carbonyl (C=O) groups excluding carboxylic acids is 2. The monoisotopic (exact) mass is 358 g/mol. The molecule has 0 fully saturated rings. The van der Waals surface area contributed by atoms with Gasteiger partial charge in [0.15, 0.2) is 0 Å². The number of ether oxygens (including phenoxy) is 1. The third kappa shape index (κ3) is 6.76. The first-order valence-corrected chi connectivity index (χ1v) is 7.78. The maximum absolute atomic E-state index is 12.0. The van der Waals surface area contributed by atoms with Crippen LogP contribution in [0.5, 0.6) is 5.75 Å². The maximum atomic E-state index is 12.0. The Morgan fingerprint density at radius 3 is 2.38 bits per heavy atom. The number of nitrogens with one attached hydrogen (secondary N) is 1. The minimum atomic E-state index is -0.591. The SMILES string of the molecule is CCC(C)C(N)C(=O)NCC(Cc1ccc(O)cc1)C(=O)OC.Cl. The number of halogens is 1. The summed E-state index contributed by atoms with van der Waals surface area (Å²) in [7, 11) is 1.32. The van der Waals surface area contributed by atoms with Crippen molar-refractivity contribution in [3.05, 3.63) is 29.8 Å². The fourth-order valence-electron chi connectivity index (χ4n) is 2.18. The highest BCUT2D eigenvalue weighted by Crippen LogP contribution is 2.14. The highest BCUT2D eigenvalue weighted by Gasteiger charge is 2.24. The second-order valence-electron chi connectivity index (χ2n) is 5.75. The smallest absolute Gasteiger partial charge is 0.310 e. The van der Waals surface area contributed by atoms with Crippen LogP contribution in [-0.4, -0.2) is 36.7 Å². The topological polar surface area (TPSA) is 102 Å². The van der Waals surface area contributed by atoms with E-state index < -0.39 is 17.9 Å². The molecule has 0 saturated heterocycles. The van der Waals surface area contributed by atoms with E-state index >= 15 is 0 Å². The fraction of sp³-hybridized carbons (Fsp3) is 0.529. The van der Waals surface area contributed by atoms with E-state index in [0.717, 1.165) is 12.0 Å². The summed E-state index contributed by atoms with van der Waals surface area (Å²) in [5.74, 6) is -0.924. The maximum Gasteiger partial charge on any atom is 0.310 e. The molecule has 0 bridgehead atoms. The highest BCUT2D eigenvalue weighted by atomic mass is 35.5. The Bertz CT molecular complexity index is 522. The molecule has 0 radical (unpaired) electrons. The second kappa shape index (κ2) is 10.9. The molecule has 136 valence electrons. The lowest BCUT2D eigenvalue weighted by Crippen LogP contribution is -2.47. The first kappa shape index (κ1) is 22.2. The van der Waals surface area contributed by atoms with Gasteiger partial charge in [-0.3, -0.25) is 9.59 Å². The number of aromatic hydroxyl groups is 1. The highest BCUT2D eigenvalue weighted by molar-refractivity contribution is 5.85. The third-order valence-corrected chi connectivity index (χ3v) is 4.04. The summed E-state index contributed by atoms with van der Waals surface area (Å²) in [6, 6.07) is 5.99. The van der Waals surface area contributed by atoms with Gasteiger partial charge in [-0.15, -0.1) is 12.4 Å². The zero-order valence-corrected chi connectivity index (χ0v) is 15.1. The zero-order valence-electron chi connectivity index (χ0n) is 14.3. The molecule has 3 unspecified atom stereocenters. The van der Waals surface area contributed by atoms with Crippen molar-refractivity contribution in [2.45, 2.75) is 32.7 Å². The predicted molar refractivity (Wildman–Crippen MR) is 95.0 cm³/mol. The van der Waals surface area contributed by atoms with Crippen LogP contribution in [-0.2, 0) is 20.7 Å². The van der Waals surface area contributed by atoms with E-state index in [4.69, 9.17) is 10.5 Å². The average Bonchev–Trinajstić information content (AvgIpc) is 2.57. The van der Waals surface area contributed by atoms with Gasteiger partial charge in [0.25, 0.3) is 0 Å². The number of phenols is 1. The molecule has 0 aliphatic heterocycles. The first-order chi connectivity index (χ1) is 10.9. The molecule has 1 aromatic rings. The van der Waals surface area contributed by atoms with Crippen LogP contribution in [0.15, 0.2) is 24.3 Å². The molecule has 3 atom stereocenters. The summed E-state index contributed by atoms with van der Waals surface area (Å²) < 4.78 is 4.80. The molecule has 1 rings (SSSR count). The molecule has 0 heterocycles. The number of benzene rings is 1. The van der Waals surface area contributed by atoms with Crippen molar-refractivity contribution in [1.29, 1.82) is 0 Å². The Kier molecular flexibility index (Phi) is 10.1. The van der Waals surface area contributed by atoms with E-state index in [2.05, 4.69) is 5.32 Å². The molecule has 24 heavy (non-hydrogen) atoms. The van der Waals surface area contributed by atoms with E-state index in [1.807, 2.05) is 13.8 Å². The average molecular weight is 359 g/mol. The van der Waals surface area contributed by atoms with E-state index in [1.165, 1.54) is 7.11 Å². The van der Waals surface area contributed by atoms with Crippen LogP contribution < -0.4 is 11.1 Å². The summed E-state index contributed by atoms with van der Waals surface area (Å²) in [6.45, 7) is 4.05. The molecule has 0 aliphatic rings. The molecule has 7 heteroatoms. The number of phenolic OH excluding ortho intramolecular Hbond substituents is 1.